The van der Waals surface area contributed by atoms with Crippen LogP contribution >= 0.6 is 0 Å². The van der Waals surface area contributed by atoms with Crippen LogP contribution in [0.5, 0.6) is 0 Å². The van der Waals surface area contributed by atoms with Gasteiger partial charge in [-0.15, -0.1) is 5.98 Å². The Hall–Kier alpha value is -1.97. The Morgan fingerprint density at radius 3 is 1.83 bits per heavy atom. The number of halogens is 3. The molecule has 0 aliphatic carbocycles. The molecule has 2 aromatic carbocycles. The molecule has 0 N–H and O–H groups in total. The summed E-state index contributed by atoms with van der Waals surface area (Å²) in [6, 6.07) is 16.7. The zero-order valence-corrected chi connectivity index (χ0v) is 9.56. The van der Waals surface area contributed by atoms with Crippen molar-refractivity contribution in [1.82, 2.24) is 0 Å². The highest BCUT2D eigenvalue weighted by atomic mass is 19.4. The summed E-state index contributed by atoms with van der Waals surface area (Å²) in [5, 5.41) is 0. The van der Waals surface area contributed by atoms with Gasteiger partial charge in [0.1, 0.15) is 0 Å². The molecule has 0 bridgehead atoms. The lowest BCUT2D eigenvalue weighted by atomic mass is 9.90. The van der Waals surface area contributed by atoms with Crippen molar-refractivity contribution in [2.45, 2.75) is 0 Å². The number of rotatable bonds is 3. The molecule has 0 radical (unpaired) electrons. The third-order valence-electron chi connectivity index (χ3n) is 2.52. The van der Waals surface area contributed by atoms with Gasteiger partial charge in [0.2, 0.25) is 0 Å². The fraction of sp³-hybridized carbons (Fsp3) is 0. The SMILES string of the molecule is F[B-](F)(F)/C=C/c1ccc(-c2ccccc2)cc1. The van der Waals surface area contributed by atoms with E-state index in [-0.39, 0.29) is 0 Å². The Morgan fingerprint density at radius 2 is 1.28 bits per heavy atom. The lowest BCUT2D eigenvalue weighted by Crippen LogP contribution is -2.09. The third kappa shape index (κ3) is 3.52. The lowest BCUT2D eigenvalue weighted by Gasteiger charge is -2.06. The quantitative estimate of drug-likeness (QED) is 0.686. The second kappa shape index (κ2) is 5.13. The Balaban J connectivity index is 2.19. The van der Waals surface area contributed by atoms with Gasteiger partial charge in [-0.1, -0.05) is 60.7 Å². The Bertz CT molecular complexity index is 527. The van der Waals surface area contributed by atoms with Crippen LogP contribution in [0.25, 0.3) is 17.2 Å². The molecular formula is C14H11BF3-. The molecule has 0 nitrogen and oxygen atoms in total. The van der Waals surface area contributed by atoms with Gasteiger partial charge in [0.15, 0.2) is 0 Å². The lowest BCUT2D eigenvalue weighted by molar-refractivity contribution is 0.499. The smallest absolute Gasteiger partial charge is 0.445 e. The van der Waals surface area contributed by atoms with Crippen molar-refractivity contribution >= 4 is 13.1 Å². The van der Waals surface area contributed by atoms with E-state index in [1.807, 2.05) is 42.5 Å². The van der Waals surface area contributed by atoms with Gasteiger partial charge in [0.25, 0.3) is 0 Å². The molecule has 0 aromatic heterocycles. The Kier molecular flexibility index (Phi) is 3.56. The molecular weight excluding hydrogens is 236 g/mol. The minimum atomic E-state index is -4.87. The van der Waals surface area contributed by atoms with Gasteiger partial charge in [0.05, 0.1) is 0 Å². The molecule has 4 heteroatoms. The average Bonchev–Trinajstić information content (AvgIpc) is 2.37. The molecule has 0 unspecified atom stereocenters. The second-order valence-corrected chi connectivity index (χ2v) is 3.97. The first-order valence-electron chi connectivity index (χ1n) is 5.59. The van der Waals surface area contributed by atoms with Crippen LogP contribution in [0.4, 0.5) is 12.9 Å². The average molecular weight is 247 g/mol. The summed E-state index contributed by atoms with van der Waals surface area (Å²) in [5.41, 5.74) is 2.59. The molecule has 0 heterocycles. The fourth-order valence-corrected chi connectivity index (χ4v) is 1.64. The first-order chi connectivity index (χ1) is 8.54. The van der Waals surface area contributed by atoms with E-state index in [1.165, 1.54) is 0 Å². The normalized spacial score (nSPS) is 11.9. The van der Waals surface area contributed by atoms with Crippen LogP contribution < -0.4 is 0 Å². The third-order valence-corrected chi connectivity index (χ3v) is 2.52. The van der Waals surface area contributed by atoms with E-state index < -0.39 is 6.98 Å². The summed E-state index contributed by atoms with van der Waals surface area (Å²) >= 11 is 0. The van der Waals surface area contributed by atoms with Crippen LogP contribution in [0.2, 0.25) is 0 Å². The van der Waals surface area contributed by atoms with Gasteiger partial charge in [0, 0.05) is 0 Å². The maximum absolute atomic E-state index is 12.1. The van der Waals surface area contributed by atoms with Crippen molar-refractivity contribution in [2.75, 3.05) is 0 Å². The molecule has 2 rings (SSSR count). The van der Waals surface area contributed by atoms with Crippen molar-refractivity contribution < 1.29 is 12.9 Å². The molecule has 0 fully saturated rings. The Labute approximate surface area is 104 Å². The minimum absolute atomic E-state index is 0.303. The predicted molar refractivity (Wildman–Crippen MR) is 70.0 cm³/mol. The highest BCUT2D eigenvalue weighted by molar-refractivity contribution is 6.64. The van der Waals surface area contributed by atoms with Gasteiger partial charge in [-0.25, -0.2) is 0 Å². The summed E-state index contributed by atoms with van der Waals surface area (Å²) < 4.78 is 36.2. The van der Waals surface area contributed by atoms with Crippen molar-refractivity contribution in [3.8, 4) is 11.1 Å². The first kappa shape index (κ1) is 12.5. The maximum Gasteiger partial charge on any atom is 0.502 e. The highest BCUT2D eigenvalue weighted by Crippen LogP contribution is 2.20. The number of hydrogen-bond donors (Lipinski definition) is 0. The van der Waals surface area contributed by atoms with Gasteiger partial charge in [-0.3, -0.25) is 0 Å². The molecule has 0 aliphatic rings. The zero-order valence-electron chi connectivity index (χ0n) is 9.56. The monoisotopic (exact) mass is 247 g/mol. The summed E-state index contributed by atoms with van der Waals surface area (Å²) in [6.07, 6.45) is 1.09. The number of hydrogen-bond acceptors (Lipinski definition) is 0. The van der Waals surface area contributed by atoms with Gasteiger partial charge < -0.3 is 12.9 Å². The second-order valence-electron chi connectivity index (χ2n) is 3.97. The first-order valence-corrected chi connectivity index (χ1v) is 5.59. The minimum Gasteiger partial charge on any atom is -0.445 e. The van der Waals surface area contributed by atoms with Gasteiger partial charge in [-0.2, -0.15) is 0 Å². The molecule has 0 atom stereocenters. The number of benzene rings is 2. The molecule has 0 spiro atoms. The van der Waals surface area contributed by atoms with Crippen LogP contribution in [0.15, 0.2) is 60.6 Å². The van der Waals surface area contributed by atoms with Crippen LogP contribution in [0, 0.1) is 0 Å². The van der Waals surface area contributed by atoms with Crippen LogP contribution in [-0.4, -0.2) is 6.98 Å². The zero-order chi connectivity index (χ0) is 13.0. The molecule has 92 valence electrons. The maximum atomic E-state index is 12.1. The molecule has 0 saturated heterocycles. The molecule has 0 amide bonds. The molecule has 0 saturated carbocycles. The van der Waals surface area contributed by atoms with E-state index in [9.17, 15) is 12.9 Å². The van der Waals surface area contributed by atoms with Crippen molar-refractivity contribution in [2.24, 2.45) is 0 Å². The summed E-state index contributed by atoms with van der Waals surface area (Å²) in [7, 11) is 0. The van der Waals surface area contributed by atoms with Crippen molar-refractivity contribution in [3.05, 3.63) is 66.1 Å². The topological polar surface area (TPSA) is 0 Å². The van der Waals surface area contributed by atoms with E-state index in [0.717, 1.165) is 17.2 Å². The van der Waals surface area contributed by atoms with E-state index in [0.29, 0.717) is 11.5 Å². The van der Waals surface area contributed by atoms with Gasteiger partial charge >= 0.3 is 6.98 Å². The molecule has 2 aromatic rings. The van der Waals surface area contributed by atoms with Crippen molar-refractivity contribution in [1.29, 1.82) is 0 Å². The summed E-state index contributed by atoms with van der Waals surface area (Å²) in [4.78, 5) is 0. The molecule has 0 aliphatic heterocycles. The summed E-state index contributed by atoms with van der Waals surface area (Å²) in [5.74, 6) is 0.303. The van der Waals surface area contributed by atoms with Crippen LogP contribution in [-0.2, 0) is 0 Å². The fourth-order valence-electron chi connectivity index (χ4n) is 1.64. The standard InChI is InChI=1S/C14H11BF3/c16-15(17,18)11-10-12-6-8-14(9-7-12)13-4-2-1-3-5-13/h1-11H/q-1/b11-10+. The van der Waals surface area contributed by atoms with E-state index in [4.69, 9.17) is 0 Å². The van der Waals surface area contributed by atoms with Crippen LogP contribution in [0.1, 0.15) is 5.56 Å². The van der Waals surface area contributed by atoms with Crippen LogP contribution in [0.3, 0.4) is 0 Å². The molecule has 18 heavy (non-hydrogen) atoms. The van der Waals surface area contributed by atoms with E-state index >= 15 is 0 Å². The van der Waals surface area contributed by atoms with E-state index in [1.54, 1.807) is 12.1 Å². The van der Waals surface area contributed by atoms with E-state index in [2.05, 4.69) is 0 Å². The van der Waals surface area contributed by atoms with Crippen molar-refractivity contribution in [3.63, 3.8) is 0 Å². The van der Waals surface area contributed by atoms with Gasteiger partial charge in [-0.05, 0) is 16.7 Å². The highest BCUT2D eigenvalue weighted by Gasteiger charge is 2.16. The predicted octanol–water partition coefficient (Wildman–Crippen LogP) is 4.75. The Morgan fingerprint density at radius 1 is 0.722 bits per heavy atom. The summed E-state index contributed by atoms with van der Waals surface area (Å²) in [6.45, 7) is -4.87. The largest absolute Gasteiger partial charge is 0.502 e.